The number of hydrogen-bond donors (Lipinski definition) is 3. The van der Waals surface area contributed by atoms with Gasteiger partial charge < -0.3 is 15.1 Å². The lowest BCUT2D eigenvalue weighted by Gasteiger charge is -2.07. The van der Waals surface area contributed by atoms with Gasteiger partial charge in [0.05, 0.1) is 12.8 Å². The molecule has 3 aromatic rings. The summed E-state index contributed by atoms with van der Waals surface area (Å²) in [4.78, 5) is 27.5. The van der Waals surface area contributed by atoms with Crippen LogP contribution in [0.25, 0.3) is 11.6 Å². The summed E-state index contributed by atoms with van der Waals surface area (Å²) in [7, 11) is 0. The Morgan fingerprint density at radius 1 is 1.25 bits per heavy atom. The van der Waals surface area contributed by atoms with Crippen molar-refractivity contribution in [2.75, 3.05) is 5.32 Å². The van der Waals surface area contributed by atoms with Crippen molar-refractivity contribution in [2.45, 2.75) is 13.5 Å². The molecule has 2 heterocycles. The van der Waals surface area contributed by atoms with Crippen LogP contribution in [0.15, 0.2) is 47.1 Å². The number of nitrogens with zero attached hydrogens (tertiary/aromatic N) is 2. The van der Waals surface area contributed by atoms with E-state index in [1.54, 1.807) is 36.4 Å². The Labute approximate surface area is 137 Å². The zero-order valence-corrected chi connectivity index (χ0v) is 12.9. The van der Waals surface area contributed by atoms with Crippen molar-refractivity contribution in [3.8, 4) is 11.6 Å². The van der Waals surface area contributed by atoms with Gasteiger partial charge in [0.1, 0.15) is 5.82 Å². The number of Topliss-reactive ketones (excluding diaryl/α,β-unsaturated/α-hetero) is 1. The Balaban J connectivity index is 1.56. The third-order valence-electron chi connectivity index (χ3n) is 3.22. The number of nitrogens with one attached hydrogen (secondary N) is 3. The highest BCUT2D eigenvalue weighted by molar-refractivity contribution is 5.96. The number of carbonyl (C=O) groups is 2. The second-order valence-electron chi connectivity index (χ2n) is 5.03. The zero-order valence-electron chi connectivity index (χ0n) is 12.9. The number of aromatic nitrogens is 3. The van der Waals surface area contributed by atoms with Crippen LogP contribution in [0.4, 0.5) is 10.5 Å². The van der Waals surface area contributed by atoms with E-state index in [1.807, 2.05) is 0 Å². The van der Waals surface area contributed by atoms with Crippen molar-refractivity contribution >= 4 is 17.5 Å². The Hall–Kier alpha value is -3.42. The van der Waals surface area contributed by atoms with Gasteiger partial charge in [0, 0.05) is 11.3 Å². The van der Waals surface area contributed by atoms with Crippen LogP contribution in [0, 0.1) is 0 Å². The first-order valence-corrected chi connectivity index (χ1v) is 7.23. The molecule has 24 heavy (non-hydrogen) atoms. The summed E-state index contributed by atoms with van der Waals surface area (Å²) in [6.07, 6.45) is 1.53. The van der Waals surface area contributed by atoms with Gasteiger partial charge in [-0.15, -0.1) is 5.10 Å². The van der Waals surface area contributed by atoms with Gasteiger partial charge >= 0.3 is 6.03 Å². The van der Waals surface area contributed by atoms with E-state index in [2.05, 4.69) is 25.8 Å². The predicted molar refractivity (Wildman–Crippen MR) is 86.4 cm³/mol. The lowest BCUT2D eigenvalue weighted by Crippen LogP contribution is -2.28. The molecule has 0 aliphatic heterocycles. The Morgan fingerprint density at radius 3 is 2.88 bits per heavy atom. The number of anilines is 1. The molecule has 0 saturated carbocycles. The van der Waals surface area contributed by atoms with Crippen molar-refractivity contribution in [1.82, 2.24) is 20.5 Å². The molecular weight excluding hydrogens is 310 g/mol. The number of rotatable bonds is 5. The molecule has 0 aliphatic rings. The molecule has 3 N–H and O–H groups in total. The summed E-state index contributed by atoms with van der Waals surface area (Å²) < 4.78 is 5.20. The minimum atomic E-state index is -0.411. The molecule has 0 unspecified atom stereocenters. The highest BCUT2D eigenvalue weighted by atomic mass is 16.3. The fourth-order valence-corrected chi connectivity index (χ4v) is 2.05. The molecule has 3 rings (SSSR count). The SMILES string of the molecule is CC(=O)c1cccc(NC(=O)NCc2nc(-c3ccco3)n[nH]2)c1. The van der Waals surface area contributed by atoms with Gasteiger partial charge in [-0.2, -0.15) is 0 Å². The quantitative estimate of drug-likeness (QED) is 0.624. The predicted octanol–water partition coefficient (Wildman–Crippen LogP) is 2.59. The first-order valence-electron chi connectivity index (χ1n) is 7.23. The molecule has 2 amide bonds. The molecule has 0 aliphatic carbocycles. The van der Waals surface area contributed by atoms with E-state index < -0.39 is 6.03 Å². The van der Waals surface area contributed by atoms with E-state index in [-0.39, 0.29) is 12.3 Å². The number of aromatic amines is 1. The molecule has 0 bridgehead atoms. The first-order chi connectivity index (χ1) is 11.6. The normalized spacial score (nSPS) is 10.4. The molecule has 0 fully saturated rings. The van der Waals surface area contributed by atoms with Crippen LogP contribution in [0.3, 0.4) is 0 Å². The van der Waals surface area contributed by atoms with Crippen molar-refractivity contribution in [1.29, 1.82) is 0 Å². The second-order valence-corrected chi connectivity index (χ2v) is 5.03. The molecule has 0 saturated heterocycles. The second kappa shape index (κ2) is 6.78. The van der Waals surface area contributed by atoms with Crippen LogP contribution in [0.2, 0.25) is 0 Å². The number of hydrogen-bond acceptors (Lipinski definition) is 5. The first kappa shape index (κ1) is 15.5. The van der Waals surface area contributed by atoms with Crippen LogP contribution >= 0.6 is 0 Å². The van der Waals surface area contributed by atoms with Gasteiger partial charge in [0.25, 0.3) is 0 Å². The Kier molecular flexibility index (Phi) is 4.37. The number of amides is 2. The number of furan rings is 1. The van der Waals surface area contributed by atoms with Gasteiger partial charge in [-0.1, -0.05) is 12.1 Å². The topological polar surface area (TPSA) is 113 Å². The maximum Gasteiger partial charge on any atom is 0.319 e. The molecule has 2 aromatic heterocycles. The van der Waals surface area contributed by atoms with E-state index >= 15 is 0 Å². The smallest absolute Gasteiger partial charge is 0.319 e. The highest BCUT2D eigenvalue weighted by Crippen LogP contribution is 2.14. The lowest BCUT2D eigenvalue weighted by molar-refractivity contribution is 0.101. The monoisotopic (exact) mass is 325 g/mol. The van der Waals surface area contributed by atoms with E-state index in [9.17, 15) is 9.59 Å². The van der Waals surface area contributed by atoms with Crippen LogP contribution in [-0.2, 0) is 6.54 Å². The summed E-state index contributed by atoms with van der Waals surface area (Å²) >= 11 is 0. The Morgan fingerprint density at radius 2 is 2.12 bits per heavy atom. The van der Waals surface area contributed by atoms with E-state index in [1.165, 1.54) is 13.2 Å². The number of ketones is 1. The molecule has 1 aromatic carbocycles. The fourth-order valence-electron chi connectivity index (χ4n) is 2.05. The maximum absolute atomic E-state index is 11.9. The number of H-pyrrole nitrogens is 1. The van der Waals surface area contributed by atoms with E-state index in [4.69, 9.17) is 4.42 Å². The summed E-state index contributed by atoms with van der Waals surface area (Å²) in [6.45, 7) is 1.64. The summed E-state index contributed by atoms with van der Waals surface area (Å²) in [5.41, 5.74) is 1.07. The number of carbonyl (C=O) groups excluding carboxylic acids is 2. The van der Waals surface area contributed by atoms with Crippen LogP contribution in [0.5, 0.6) is 0 Å². The highest BCUT2D eigenvalue weighted by Gasteiger charge is 2.09. The average molecular weight is 325 g/mol. The number of urea groups is 1. The van der Waals surface area contributed by atoms with E-state index in [0.29, 0.717) is 28.7 Å². The minimum absolute atomic E-state index is 0.0637. The summed E-state index contributed by atoms with van der Waals surface area (Å²) in [6, 6.07) is 9.79. The molecule has 0 atom stereocenters. The van der Waals surface area contributed by atoms with Gasteiger partial charge in [0.2, 0.25) is 5.82 Å². The molecule has 0 spiro atoms. The van der Waals surface area contributed by atoms with Gasteiger partial charge in [-0.05, 0) is 31.2 Å². The van der Waals surface area contributed by atoms with E-state index in [0.717, 1.165) is 0 Å². The zero-order chi connectivity index (χ0) is 16.9. The minimum Gasteiger partial charge on any atom is -0.461 e. The van der Waals surface area contributed by atoms with Crippen molar-refractivity contribution < 1.29 is 14.0 Å². The van der Waals surface area contributed by atoms with Crippen molar-refractivity contribution in [3.63, 3.8) is 0 Å². The van der Waals surface area contributed by atoms with Gasteiger partial charge in [-0.25, -0.2) is 9.78 Å². The van der Waals surface area contributed by atoms with Gasteiger partial charge in [0.15, 0.2) is 11.5 Å². The largest absolute Gasteiger partial charge is 0.461 e. The third kappa shape index (κ3) is 3.67. The standard InChI is InChI=1S/C16H15N5O3/c1-10(22)11-4-2-5-12(8-11)18-16(23)17-9-14-19-15(21-20-14)13-6-3-7-24-13/h2-8H,9H2,1H3,(H2,17,18,23)(H,19,20,21). The van der Waals surface area contributed by atoms with Crippen LogP contribution in [0.1, 0.15) is 23.1 Å². The molecule has 8 heteroatoms. The van der Waals surface area contributed by atoms with Crippen LogP contribution in [-0.4, -0.2) is 27.0 Å². The molecule has 122 valence electrons. The lowest BCUT2D eigenvalue weighted by atomic mass is 10.1. The summed E-state index contributed by atoms with van der Waals surface area (Å²) in [5.74, 6) is 1.40. The summed E-state index contributed by atoms with van der Waals surface area (Å²) in [5, 5.41) is 12.1. The Bertz CT molecular complexity index is 854. The molecule has 8 nitrogen and oxygen atoms in total. The third-order valence-corrected chi connectivity index (χ3v) is 3.22. The molecule has 0 radical (unpaired) electrons. The average Bonchev–Trinajstić information content (AvgIpc) is 3.24. The maximum atomic E-state index is 11.9. The molecular formula is C16H15N5O3. The van der Waals surface area contributed by atoms with Crippen molar-refractivity contribution in [3.05, 3.63) is 54.0 Å². The fraction of sp³-hybridized carbons (Fsp3) is 0.125. The van der Waals surface area contributed by atoms with Crippen LogP contribution < -0.4 is 10.6 Å². The van der Waals surface area contributed by atoms with Crippen molar-refractivity contribution in [2.24, 2.45) is 0 Å². The van der Waals surface area contributed by atoms with Gasteiger partial charge in [-0.3, -0.25) is 9.89 Å². The number of benzene rings is 1.